The first-order chi connectivity index (χ1) is 23.0. The number of hydrogen-bond donors (Lipinski definition) is 2. The van der Waals surface area contributed by atoms with Gasteiger partial charge in [-0.1, -0.05) is 29.8 Å². The third-order valence-corrected chi connectivity index (χ3v) is 12.2. The zero-order valence-electron chi connectivity index (χ0n) is 29.2. The molecule has 0 spiro atoms. The van der Waals surface area contributed by atoms with Crippen molar-refractivity contribution in [2.75, 3.05) is 38.1 Å². The van der Waals surface area contributed by atoms with Crippen LogP contribution >= 0.6 is 0 Å². The maximum atomic E-state index is 14.4. The lowest BCUT2D eigenvalue weighted by atomic mass is 10.0. The van der Waals surface area contributed by atoms with Crippen LogP contribution in [0.4, 0.5) is 5.69 Å². The van der Waals surface area contributed by atoms with Gasteiger partial charge in [0, 0.05) is 38.3 Å². The second-order valence-electron chi connectivity index (χ2n) is 12.9. The molecule has 1 aliphatic heterocycles. The SMILES string of the molecule is Cc1ccc(S(=O)(=O)N(C)C[C@@H]2OCCCC[C@@H](C)Oc3ccc(NS(=O)(=O)c4c(C)noc4C)cc3C(=O)N([C@@H](C)CO)C[C@H]2C)cc1. The summed E-state index contributed by atoms with van der Waals surface area (Å²) in [6, 6.07) is 10.5. The number of aliphatic hydroxyl groups is 1. The number of rotatable bonds is 9. The Morgan fingerprint density at radius 1 is 1.06 bits per heavy atom. The summed E-state index contributed by atoms with van der Waals surface area (Å²) in [5.41, 5.74) is 1.37. The second-order valence-corrected chi connectivity index (χ2v) is 16.5. The van der Waals surface area contributed by atoms with Gasteiger partial charge in [0.1, 0.15) is 11.4 Å². The molecule has 1 amide bonds. The molecule has 0 saturated heterocycles. The number of benzene rings is 2. The molecular weight excluding hydrogens is 673 g/mol. The smallest absolute Gasteiger partial charge is 0.267 e. The summed E-state index contributed by atoms with van der Waals surface area (Å²) in [5, 5.41) is 14.0. The lowest BCUT2D eigenvalue weighted by Gasteiger charge is -2.35. The molecular formula is C34H48N4O9S2. The van der Waals surface area contributed by atoms with Gasteiger partial charge in [0.05, 0.1) is 35.3 Å². The normalized spacial score (nSPS) is 20.7. The van der Waals surface area contributed by atoms with Gasteiger partial charge >= 0.3 is 0 Å². The van der Waals surface area contributed by atoms with E-state index in [2.05, 4.69) is 9.88 Å². The molecule has 0 fully saturated rings. The van der Waals surface area contributed by atoms with E-state index in [1.165, 1.54) is 42.2 Å². The monoisotopic (exact) mass is 720 g/mol. The summed E-state index contributed by atoms with van der Waals surface area (Å²) in [5.74, 6) is -0.469. The van der Waals surface area contributed by atoms with Crippen LogP contribution in [0.15, 0.2) is 56.8 Å². The van der Waals surface area contributed by atoms with Crippen molar-refractivity contribution in [2.45, 2.75) is 88.8 Å². The molecule has 0 aliphatic carbocycles. The van der Waals surface area contributed by atoms with Gasteiger partial charge in [0.2, 0.25) is 10.0 Å². The zero-order chi connectivity index (χ0) is 36.1. The molecule has 2 N–H and O–H groups in total. The van der Waals surface area contributed by atoms with Gasteiger partial charge < -0.3 is 24.0 Å². The van der Waals surface area contributed by atoms with Crippen molar-refractivity contribution >= 4 is 31.6 Å². The Labute approximate surface area is 289 Å². The van der Waals surface area contributed by atoms with Crippen LogP contribution in [0.3, 0.4) is 0 Å². The number of hydrogen-bond acceptors (Lipinski definition) is 10. The predicted molar refractivity (Wildman–Crippen MR) is 185 cm³/mol. The highest BCUT2D eigenvalue weighted by molar-refractivity contribution is 7.92. The molecule has 13 nitrogen and oxygen atoms in total. The molecule has 0 unspecified atom stereocenters. The van der Waals surface area contributed by atoms with Crippen molar-refractivity contribution < 1.29 is 40.7 Å². The van der Waals surface area contributed by atoms with E-state index in [1.54, 1.807) is 37.3 Å². The van der Waals surface area contributed by atoms with Gasteiger partial charge in [-0.2, -0.15) is 4.31 Å². The van der Waals surface area contributed by atoms with Gasteiger partial charge in [-0.3, -0.25) is 9.52 Å². The minimum Gasteiger partial charge on any atom is -0.490 e. The number of ether oxygens (including phenoxy) is 2. The number of anilines is 1. The largest absolute Gasteiger partial charge is 0.490 e. The maximum Gasteiger partial charge on any atom is 0.267 e. The molecule has 3 aromatic rings. The third kappa shape index (κ3) is 9.19. The first-order valence-electron chi connectivity index (χ1n) is 16.4. The molecule has 2 heterocycles. The van der Waals surface area contributed by atoms with E-state index in [9.17, 15) is 26.7 Å². The number of carbonyl (C=O) groups is 1. The summed E-state index contributed by atoms with van der Waals surface area (Å²) in [6.45, 7) is 10.5. The van der Waals surface area contributed by atoms with Crippen molar-refractivity contribution in [2.24, 2.45) is 5.92 Å². The van der Waals surface area contributed by atoms with E-state index in [1.807, 2.05) is 20.8 Å². The highest BCUT2D eigenvalue weighted by atomic mass is 32.2. The van der Waals surface area contributed by atoms with E-state index in [0.717, 1.165) is 12.0 Å². The number of nitrogens with zero attached hydrogens (tertiary/aromatic N) is 3. The Morgan fingerprint density at radius 3 is 2.39 bits per heavy atom. The van der Waals surface area contributed by atoms with Crippen molar-refractivity contribution in [1.29, 1.82) is 0 Å². The molecule has 0 bridgehead atoms. The Morgan fingerprint density at radius 2 is 1.76 bits per heavy atom. The number of amides is 1. The van der Waals surface area contributed by atoms with Crippen molar-refractivity contribution in [1.82, 2.24) is 14.4 Å². The number of aromatic nitrogens is 1. The molecule has 0 radical (unpaired) electrons. The van der Waals surface area contributed by atoms with E-state index in [0.29, 0.717) is 19.4 Å². The van der Waals surface area contributed by atoms with E-state index in [4.69, 9.17) is 14.0 Å². The highest BCUT2D eigenvalue weighted by Crippen LogP contribution is 2.30. The number of carbonyl (C=O) groups excluding carboxylic acids is 1. The van der Waals surface area contributed by atoms with Gasteiger partial charge in [-0.25, -0.2) is 16.8 Å². The summed E-state index contributed by atoms with van der Waals surface area (Å²) >= 11 is 0. The number of sulfonamides is 2. The van der Waals surface area contributed by atoms with Crippen LogP contribution in [0.1, 0.15) is 67.4 Å². The van der Waals surface area contributed by atoms with Crippen LogP contribution in [0.25, 0.3) is 0 Å². The van der Waals surface area contributed by atoms with E-state index < -0.39 is 38.1 Å². The molecule has 4 atom stereocenters. The van der Waals surface area contributed by atoms with Crippen LogP contribution in [0.2, 0.25) is 0 Å². The van der Waals surface area contributed by atoms with Gasteiger partial charge in [-0.05, 0) is 84.2 Å². The first-order valence-corrected chi connectivity index (χ1v) is 19.3. The lowest BCUT2D eigenvalue weighted by Crippen LogP contribution is -2.48. The Kier molecular flexibility index (Phi) is 12.5. The van der Waals surface area contributed by atoms with Crippen LogP contribution in [0, 0.1) is 26.7 Å². The average Bonchev–Trinajstić information content (AvgIpc) is 3.40. The van der Waals surface area contributed by atoms with Crippen molar-refractivity contribution in [3.05, 3.63) is 65.0 Å². The van der Waals surface area contributed by atoms with E-state index >= 15 is 0 Å². The Balaban J connectivity index is 1.69. The topological polar surface area (TPSA) is 169 Å². The highest BCUT2D eigenvalue weighted by Gasteiger charge is 2.33. The fourth-order valence-corrected chi connectivity index (χ4v) is 8.32. The van der Waals surface area contributed by atoms with Crippen LogP contribution in [0.5, 0.6) is 5.75 Å². The van der Waals surface area contributed by atoms with Crippen molar-refractivity contribution in [3.63, 3.8) is 0 Å². The quantitative estimate of drug-likeness (QED) is 0.321. The molecule has 49 heavy (non-hydrogen) atoms. The third-order valence-electron chi connectivity index (χ3n) is 8.71. The van der Waals surface area contributed by atoms with Crippen LogP contribution in [-0.2, 0) is 24.8 Å². The zero-order valence-corrected chi connectivity index (χ0v) is 30.8. The second kappa shape index (κ2) is 16.0. The summed E-state index contributed by atoms with van der Waals surface area (Å²) < 4.78 is 75.0. The van der Waals surface area contributed by atoms with Crippen molar-refractivity contribution in [3.8, 4) is 5.75 Å². The van der Waals surface area contributed by atoms with E-state index in [-0.39, 0.29) is 70.0 Å². The number of fused-ring (bicyclic) bond motifs is 1. The number of nitrogens with one attached hydrogen (secondary N) is 1. The summed E-state index contributed by atoms with van der Waals surface area (Å²) in [4.78, 5) is 16.0. The number of aliphatic hydroxyl groups excluding tert-OH is 1. The van der Waals surface area contributed by atoms with Crippen LogP contribution < -0.4 is 9.46 Å². The molecule has 1 aromatic heterocycles. The summed E-state index contributed by atoms with van der Waals surface area (Å²) in [7, 11) is -6.43. The fourth-order valence-electron chi connectivity index (χ4n) is 5.75. The predicted octanol–water partition coefficient (Wildman–Crippen LogP) is 4.52. The average molecular weight is 721 g/mol. The number of aryl methyl sites for hydroxylation is 3. The molecule has 4 rings (SSSR count). The maximum absolute atomic E-state index is 14.4. The minimum absolute atomic E-state index is 0.0383. The molecule has 2 aromatic carbocycles. The number of likely N-dealkylation sites (N-methyl/N-ethyl adjacent to an activating group) is 1. The summed E-state index contributed by atoms with van der Waals surface area (Å²) in [6.07, 6.45) is 1.23. The minimum atomic E-state index is -4.11. The van der Waals surface area contributed by atoms with Crippen LogP contribution in [-0.4, -0.2) is 93.8 Å². The van der Waals surface area contributed by atoms with Gasteiger partial charge in [0.25, 0.3) is 15.9 Å². The van der Waals surface area contributed by atoms with Gasteiger partial charge in [0.15, 0.2) is 10.7 Å². The Hall–Kier alpha value is -3.50. The van der Waals surface area contributed by atoms with Gasteiger partial charge in [-0.15, -0.1) is 0 Å². The molecule has 1 aliphatic rings. The first kappa shape index (κ1) is 38.3. The molecule has 15 heteroatoms. The lowest BCUT2D eigenvalue weighted by molar-refractivity contribution is -0.00833. The Bertz CT molecular complexity index is 1790. The molecule has 270 valence electrons. The fraction of sp³-hybridized carbons (Fsp3) is 0.529. The molecule has 0 saturated carbocycles. The standard InChI is InChI=1S/C34H48N4O9S2/c1-22-11-14-29(15-12-22)49(43,44)37(7)20-32-23(2)19-38(24(3)21-39)34(40)30-18-28(36-48(41,42)33-26(5)35-47-27(33)6)13-16-31(30)46-25(4)10-8-9-17-45-32/h11-16,18,23-25,32,36,39H,8-10,17,19-21H2,1-7H3/t23-,24+,25-,32+/m1/s1.